The van der Waals surface area contributed by atoms with Crippen molar-refractivity contribution in [3.8, 4) is 5.75 Å². The van der Waals surface area contributed by atoms with E-state index in [-0.39, 0.29) is 16.7 Å². The molecule has 1 aromatic carbocycles. The van der Waals surface area contributed by atoms with E-state index in [0.29, 0.717) is 5.75 Å². The number of nitrogens with zero attached hydrogens (tertiary/aromatic N) is 1. The molecule has 0 saturated carbocycles. The Morgan fingerprint density at radius 3 is 2.68 bits per heavy atom. The quantitative estimate of drug-likeness (QED) is 0.927. The highest BCUT2D eigenvalue weighted by molar-refractivity contribution is 5.36. The smallest absolute Gasteiger partial charge is 0.137 e. The van der Waals surface area contributed by atoms with Gasteiger partial charge in [-0.15, -0.1) is 0 Å². The Bertz CT molecular complexity index is 602. The highest BCUT2D eigenvalue weighted by Gasteiger charge is 2.21. The predicted octanol–water partition coefficient (Wildman–Crippen LogP) is 2.76. The van der Waals surface area contributed by atoms with Crippen molar-refractivity contribution in [1.29, 1.82) is 0 Å². The van der Waals surface area contributed by atoms with E-state index in [1.54, 1.807) is 0 Å². The molecule has 0 bridgehead atoms. The van der Waals surface area contributed by atoms with Gasteiger partial charge in [-0.05, 0) is 24.6 Å². The third-order valence-electron chi connectivity index (χ3n) is 2.88. The monoisotopic (exact) mass is 265 g/mol. The Balaban J connectivity index is 2.49. The summed E-state index contributed by atoms with van der Waals surface area (Å²) < 4.78 is 32.6. The summed E-state index contributed by atoms with van der Waals surface area (Å²) in [4.78, 5) is 3.85. The van der Waals surface area contributed by atoms with Crippen LogP contribution in [0, 0.1) is 18.6 Å². The Hall–Kier alpha value is -2.01. The van der Waals surface area contributed by atoms with E-state index in [2.05, 4.69) is 4.98 Å². The van der Waals surface area contributed by atoms with Gasteiger partial charge in [-0.1, -0.05) is 6.07 Å². The first-order valence-electron chi connectivity index (χ1n) is 5.66. The summed E-state index contributed by atoms with van der Waals surface area (Å²) in [6, 6.07) is 3.94. The van der Waals surface area contributed by atoms with Crippen molar-refractivity contribution in [3.63, 3.8) is 0 Å². The third kappa shape index (κ3) is 2.56. The van der Waals surface area contributed by atoms with Gasteiger partial charge in [-0.2, -0.15) is 0 Å². The van der Waals surface area contributed by atoms with Crippen LogP contribution >= 0.6 is 0 Å². The predicted molar refractivity (Wildman–Crippen MR) is 65.9 cm³/mol. The van der Waals surface area contributed by atoms with Gasteiger partial charge in [-0.3, -0.25) is 4.98 Å². The second-order valence-electron chi connectivity index (χ2n) is 4.15. The summed E-state index contributed by atoms with van der Waals surface area (Å²) in [5.74, 6) is -1.14. The fraction of sp³-hybridized carbons (Fsp3) is 0.214. The van der Waals surface area contributed by atoms with E-state index in [0.717, 1.165) is 6.07 Å². The van der Waals surface area contributed by atoms with Crippen LogP contribution in [-0.4, -0.2) is 17.2 Å². The number of halogens is 2. The number of hydrogen-bond donors (Lipinski definition) is 1. The maximum atomic E-state index is 13.9. The minimum atomic E-state index is -1.43. The lowest BCUT2D eigenvalue weighted by atomic mass is 9.99. The van der Waals surface area contributed by atoms with Gasteiger partial charge in [0, 0.05) is 11.8 Å². The second-order valence-corrected chi connectivity index (χ2v) is 4.15. The van der Waals surface area contributed by atoms with Gasteiger partial charge in [0.2, 0.25) is 0 Å². The van der Waals surface area contributed by atoms with Gasteiger partial charge < -0.3 is 9.84 Å². The zero-order valence-corrected chi connectivity index (χ0v) is 10.5. The van der Waals surface area contributed by atoms with Crippen LogP contribution in [-0.2, 0) is 0 Å². The molecule has 100 valence electrons. The van der Waals surface area contributed by atoms with Gasteiger partial charge in [-0.25, -0.2) is 8.78 Å². The second kappa shape index (κ2) is 5.32. The number of aryl methyl sites for hydroxylation is 1. The van der Waals surface area contributed by atoms with Gasteiger partial charge in [0.1, 0.15) is 23.5 Å². The normalized spacial score (nSPS) is 12.3. The topological polar surface area (TPSA) is 42.4 Å². The van der Waals surface area contributed by atoms with Crippen LogP contribution in [0.2, 0.25) is 0 Å². The summed E-state index contributed by atoms with van der Waals surface area (Å²) in [6.07, 6.45) is 1.36. The molecule has 0 radical (unpaired) electrons. The maximum Gasteiger partial charge on any atom is 0.137 e. The van der Waals surface area contributed by atoms with Crippen LogP contribution in [0.4, 0.5) is 8.78 Å². The minimum absolute atomic E-state index is 0.266. The van der Waals surface area contributed by atoms with Gasteiger partial charge >= 0.3 is 0 Å². The molecule has 1 heterocycles. The average Bonchev–Trinajstić information content (AvgIpc) is 2.43. The highest BCUT2D eigenvalue weighted by Crippen LogP contribution is 2.29. The fourth-order valence-corrected chi connectivity index (χ4v) is 1.79. The number of aromatic nitrogens is 1. The summed E-state index contributed by atoms with van der Waals surface area (Å²) in [5.41, 5.74) is 0.157. The summed E-state index contributed by atoms with van der Waals surface area (Å²) in [6.45, 7) is 1.51. The lowest BCUT2D eigenvalue weighted by molar-refractivity contribution is 0.208. The van der Waals surface area contributed by atoms with E-state index >= 15 is 0 Å². The van der Waals surface area contributed by atoms with Crippen molar-refractivity contribution in [1.82, 2.24) is 4.98 Å². The zero-order valence-electron chi connectivity index (χ0n) is 10.5. The van der Waals surface area contributed by atoms with Crippen molar-refractivity contribution in [2.45, 2.75) is 13.0 Å². The summed E-state index contributed by atoms with van der Waals surface area (Å²) in [5, 5.41) is 10.1. The number of benzene rings is 1. The fourth-order valence-electron chi connectivity index (χ4n) is 1.79. The zero-order chi connectivity index (χ0) is 14.0. The van der Waals surface area contributed by atoms with Crippen LogP contribution in [0.3, 0.4) is 0 Å². The summed E-state index contributed by atoms with van der Waals surface area (Å²) >= 11 is 0. The number of aliphatic hydroxyl groups is 1. The molecule has 0 fully saturated rings. The van der Waals surface area contributed by atoms with Crippen molar-refractivity contribution in [2.24, 2.45) is 0 Å². The Morgan fingerprint density at radius 2 is 2.00 bits per heavy atom. The van der Waals surface area contributed by atoms with Crippen LogP contribution in [0.1, 0.15) is 22.8 Å². The molecule has 0 aliphatic rings. The van der Waals surface area contributed by atoms with Crippen molar-refractivity contribution >= 4 is 0 Å². The molecule has 1 atom stereocenters. The lowest BCUT2D eigenvalue weighted by Gasteiger charge is -2.15. The van der Waals surface area contributed by atoms with E-state index in [1.165, 1.54) is 38.6 Å². The molecular formula is C14H13F2NO2. The van der Waals surface area contributed by atoms with E-state index in [4.69, 9.17) is 4.74 Å². The number of methoxy groups -OCH3 is 1. The first-order chi connectivity index (χ1) is 9.04. The van der Waals surface area contributed by atoms with E-state index in [9.17, 15) is 13.9 Å². The number of rotatable bonds is 3. The van der Waals surface area contributed by atoms with Crippen LogP contribution in [0.5, 0.6) is 5.75 Å². The Morgan fingerprint density at radius 1 is 1.26 bits per heavy atom. The molecule has 0 aliphatic carbocycles. The SMILES string of the molecule is COc1cncc(C(O)c2c(F)ccc(C)c2F)c1. The first-order valence-corrected chi connectivity index (χ1v) is 5.66. The lowest BCUT2D eigenvalue weighted by Crippen LogP contribution is -2.07. The molecule has 0 spiro atoms. The molecule has 0 amide bonds. The van der Waals surface area contributed by atoms with E-state index < -0.39 is 17.7 Å². The van der Waals surface area contributed by atoms with Gasteiger partial charge in [0.15, 0.2) is 0 Å². The number of ether oxygens (including phenoxy) is 1. The molecule has 5 heteroatoms. The van der Waals surface area contributed by atoms with Gasteiger partial charge in [0.05, 0.1) is 18.9 Å². The molecule has 0 saturated heterocycles. The van der Waals surface area contributed by atoms with Crippen molar-refractivity contribution in [2.75, 3.05) is 7.11 Å². The van der Waals surface area contributed by atoms with E-state index in [1.807, 2.05) is 0 Å². The molecule has 3 nitrogen and oxygen atoms in total. The summed E-state index contributed by atoms with van der Waals surface area (Å²) in [7, 11) is 1.45. The van der Waals surface area contributed by atoms with Crippen molar-refractivity contribution in [3.05, 3.63) is 58.9 Å². The highest BCUT2D eigenvalue weighted by atomic mass is 19.1. The minimum Gasteiger partial charge on any atom is -0.495 e. The standard InChI is InChI=1S/C14H13F2NO2/c1-8-3-4-11(15)12(13(8)16)14(18)9-5-10(19-2)7-17-6-9/h3-7,14,18H,1-2H3. The molecule has 1 N–H and O–H groups in total. The molecule has 1 unspecified atom stereocenters. The van der Waals surface area contributed by atoms with Gasteiger partial charge in [0.25, 0.3) is 0 Å². The molecule has 2 rings (SSSR count). The molecule has 19 heavy (non-hydrogen) atoms. The van der Waals surface area contributed by atoms with Crippen molar-refractivity contribution < 1.29 is 18.6 Å². The maximum absolute atomic E-state index is 13.9. The average molecular weight is 265 g/mol. The Labute approximate surface area is 109 Å². The number of pyridine rings is 1. The molecule has 1 aromatic heterocycles. The Kier molecular flexibility index (Phi) is 3.76. The van der Waals surface area contributed by atoms with Crippen LogP contribution in [0.25, 0.3) is 0 Å². The van der Waals surface area contributed by atoms with Crippen LogP contribution in [0.15, 0.2) is 30.6 Å². The largest absolute Gasteiger partial charge is 0.495 e. The number of aliphatic hydroxyl groups excluding tert-OH is 1. The van der Waals surface area contributed by atoms with Crippen LogP contribution < -0.4 is 4.74 Å². The number of hydrogen-bond acceptors (Lipinski definition) is 3. The molecule has 2 aromatic rings. The third-order valence-corrected chi connectivity index (χ3v) is 2.88. The molecule has 0 aliphatic heterocycles. The first kappa shape index (κ1) is 13.4. The molecular weight excluding hydrogens is 252 g/mol.